The summed E-state index contributed by atoms with van der Waals surface area (Å²) in [5.41, 5.74) is 2.12. The van der Waals surface area contributed by atoms with Crippen molar-refractivity contribution in [2.75, 3.05) is 10.2 Å². The number of carbonyl (C=O) groups excluding carboxylic acids is 3. The zero-order valence-electron chi connectivity index (χ0n) is 18.2. The molecule has 2 aromatic carbocycles. The molecule has 5 nitrogen and oxygen atoms in total. The van der Waals surface area contributed by atoms with Crippen LogP contribution < -0.4 is 10.2 Å². The van der Waals surface area contributed by atoms with Gasteiger partial charge in [0.1, 0.15) is 5.82 Å². The number of anilines is 2. The predicted octanol–water partition coefficient (Wildman–Crippen LogP) is 5.60. The maximum absolute atomic E-state index is 14.8. The molecule has 0 fully saturated rings. The molecule has 4 rings (SSSR count). The molecule has 166 valence electrons. The quantitative estimate of drug-likeness (QED) is 0.656. The third-order valence-corrected chi connectivity index (χ3v) is 6.27. The first-order valence-corrected chi connectivity index (χ1v) is 10.9. The van der Waals surface area contributed by atoms with Crippen molar-refractivity contribution in [3.63, 3.8) is 0 Å². The molecule has 1 aliphatic heterocycles. The Morgan fingerprint density at radius 3 is 2.44 bits per heavy atom. The topological polar surface area (TPSA) is 66.5 Å². The van der Waals surface area contributed by atoms with Gasteiger partial charge in [0.2, 0.25) is 11.8 Å². The van der Waals surface area contributed by atoms with E-state index in [2.05, 4.69) is 5.32 Å². The Kier molecular flexibility index (Phi) is 5.67. The second-order valence-corrected chi connectivity index (χ2v) is 9.56. The summed E-state index contributed by atoms with van der Waals surface area (Å²) in [5, 5.41) is 2.91. The molecule has 1 aliphatic carbocycles. The number of ketones is 1. The van der Waals surface area contributed by atoms with Crippen LogP contribution in [0.1, 0.15) is 51.5 Å². The van der Waals surface area contributed by atoms with Crippen molar-refractivity contribution in [2.24, 2.45) is 5.41 Å². The van der Waals surface area contributed by atoms with Crippen molar-refractivity contribution >= 4 is 40.6 Å². The summed E-state index contributed by atoms with van der Waals surface area (Å²) in [6, 6.07) is 11.3. The standard InChI is InChI=1S/C25H24ClFN2O3/c1-14(30)28-15-7-9-16(10-8-15)29-20-12-25(2,3)13-21(31)24(20)17(11-22(29)32)23-18(26)5-4-6-19(23)27/h4-10,17H,11-13H2,1-3H3,(H,28,30). The number of halogens is 2. The maximum atomic E-state index is 14.8. The molecule has 1 unspecified atom stereocenters. The van der Waals surface area contributed by atoms with Crippen molar-refractivity contribution in [3.8, 4) is 0 Å². The highest BCUT2D eigenvalue weighted by atomic mass is 35.5. The van der Waals surface area contributed by atoms with E-state index in [-0.39, 0.29) is 40.0 Å². The summed E-state index contributed by atoms with van der Waals surface area (Å²) >= 11 is 6.32. The molecule has 1 atom stereocenters. The highest BCUT2D eigenvalue weighted by Gasteiger charge is 2.45. The Morgan fingerprint density at radius 1 is 1.12 bits per heavy atom. The summed E-state index contributed by atoms with van der Waals surface area (Å²) in [6.07, 6.45) is 0.757. The van der Waals surface area contributed by atoms with Gasteiger partial charge in [-0.15, -0.1) is 0 Å². The minimum absolute atomic E-state index is 0.0564. The minimum Gasteiger partial charge on any atom is -0.326 e. The molecule has 0 bridgehead atoms. The third-order valence-electron chi connectivity index (χ3n) is 5.94. The number of benzene rings is 2. The molecule has 0 saturated heterocycles. The largest absolute Gasteiger partial charge is 0.326 e. The second-order valence-electron chi connectivity index (χ2n) is 9.15. The van der Waals surface area contributed by atoms with Gasteiger partial charge in [-0.25, -0.2) is 4.39 Å². The molecule has 0 saturated carbocycles. The molecular formula is C25H24ClFN2O3. The molecule has 0 aromatic heterocycles. The van der Waals surface area contributed by atoms with Gasteiger partial charge in [-0.3, -0.25) is 19.3 Å². The first-order valence-electron chi connectivity index (χ1n) is 10.5. The van der Waals surface area contributed by atoms with Crippen LogP contribution in [-0.4, -0.2) is 17.6 Å². The van der Waals surface area contributed by atoms with E-state index in [0.717, 1.165) is 0 Å². The van der Waals surface area contributed by atoms with Gasteiger partial charge < -0.3 is 5.32 Å². The number of Topliss-reactive ketones (excluding diaryl/α,β-unsaturated/α-hetero) is 1. The van der Waals surface area contributed by atoms with E-state index in [1.807, 2.05) is 13.8 Å². The molecule has 1 heterocycles. The van der Waals surface area contributed by atoms with Gasteiger partial charge in [-0.2, -0.15) is 0 Å². The lowest BCUT2D eigenvalue weighted by molar-refractivity contribution is -0.121. The number of amides is 2. The molecule has 2 aromatic rings. The van der Waals surface area contributed by atoms with Crippen LogP contribution in [-0.2, 0) is 14.4 Å². The lowest BCUT2D eigenvalue weighted by Gasteiger charge is -2.43. The number of nitrogens with zero attached hydrogens (tertiary/aromatic N) is 1. The van der Waals surface area contributed by atoms with Gasteiger partial charge in [0, 0.05) is 58.9 Å². The smallest absolute Gasteiger partial charge is 0.232 e. The van der Waals surface area contributed by atoms with E-state index in [9.17, 15) is 18.8 Å². The van der Waals surface area contributed by atoms with Gasteiger partial charge in [0.15, 0.2) is 5.78 Å². The first kappa shape index (κ1) is 22.2. The molecule has 2 amide bonds. The minimum atomic E-state index is -0.718. The van der Waals surface area contributed by atoms with Crippen molar-refractivity contribution in [1.82, 2.24) is 0 Å². The van der Waals surface area contributed by atoms with E-state index in [4.69, 9.17) is 11.6 Å². The van der Waals surface area contributed by atoms with Crippen LogP contribution >= 0.6 is 11.6 Å². The molecule has 1 N–H and O–H groups in total. The van der Waals surface area contributed by atoms with E-state index in [1.165, 1.54) is 19.1 Å². The lowest BCUT2D eigenvalue weighted by Crippen LogP contribution is -2.44. The average Bonchev–Trinajstić information content (AvgIpc) is 2.67. The third kappa shape index (κ3) is 4.07. The zero-order chi connectivity index (χ0) is 23.2. The summed E-state index contributed by atoms with van der Waals surface area (Å²) in [7, 11) is 0. The Balaban J connectivity index is 1.86. The monoisotopic (exact) mass is 454 g/mol. The van der Waals surface area contributed by atoms with E-state index >= 15 is 0 Å². The summed E-state index contributed by atoms with van der Waals surface area (Å²) in [6.45, 7) is 5.39. The number of carbonyl (C=O) groups is 3. The Morgan fingerprint density at radius 2 is 1.81 bits per heavy atom. The maximum Gasteiger partial charge on any atom is 0.232 e. The van der Waals surface area contributed by atoms with Crippen LogP contribution in [0, 0.1) is 11.2 Å². The van der Waals surface area contributed by atoms with Gasteiger partial charge in [-0.05, 0) is 48.2 Å². The normalized spacial score (nSPS) is 20.3. The summed E-state index contributed by atoms with van der Waals surface area (Å²) in [5.74, 6) is -1.75. The first-order chi connectivity index (χ1) is 15.1. The number of nitrogens with one attached hydrogen (secondary N) is 1. The molecule has 0 radical (unpaired) electrons. The number of hydrogen-bond donors (Lipinski definition) is 1. The second kappa shape index (κ2) is 8.17. The molecule has 32 heavy (non-hydrogen) atoms. The fraction of sp³-hybridized carbons (Fsp3) is 0.320. The number of allylic oxidation sites excluding steroid dienone is 2. The van der Waals surface area contributed by atoms with Crippen molar-refractivity contribution in [1.29, 1.82) is 0 Å². The van der Waals surface area contributed by atoms with Crippen LogP contribution in [0.15, 0.2) is 53.7 Å². The van der Waals surface area contributed by atoms with Crippen molar-refractivity contribution in [2.45, 2.75) is 46.0 Å². The van der Waals surface area contributed by atoms with Gasteiger partial charge >= 0.3 is 0 Å². The zero-order valence-corrected chi connectivity index (χ0v) is 18.9. The van der Waals surface area contributed by atoms with E-state index < -0.39 is 11.7 Å². The fourth-order valence-corrected chi connectivity index (χ4v) is 5.00. The van der Waals surface area contributed by atoms with Gasteiger partial charge in [0.25, 0.3) is 0 Å². The summed E-state index contributed by atoms with van der Waals surface area (Å²) < 4.78 is 14.8. The van der Waals surface area contributed by atoms with Crippen LogP contribution in [0.25, 0.3) is 0 Å². The van der Waals surface area contributed by atoms with Gasteiger partial charge in [-0.1, -0.05) is 31.5 Å². The highest BCUT2D eigenvalue weighted by Crippen LogP contribution is 2.49. The van der Waals surface area contributed by atoms with Crippen molar-refractivity contribution < 1.29 is 18.8 Å². The van der Waals surface area contributed by atoms with Gasteiger partial charge in [0.05, 0.1) is 0 Å². The predicted molar refractivity (Wildman–Crippen MR) is 122 cm³/mol. The number of rotatable bonds is 3. The van der Waals surface area contributed by atoms with E-state index in [0.29, 0.717) is 35.5 Å². The Hall–Kier alpha value is -2.99. The van der Waals surface area contributed by atoms with Crippen LogP contribution in [0.4, 0.5) is 15.8 Å². The number of hydrogen-bond acceptors (Lipinski definition) is 3. The molecule has 2 aliphatic rings. The van der Waals surface area contributed by atoms with Crippen molar-refractivity contribution in [3.05, 3.63) is 70.1 Å². The van der Waals surface area contributed by atoms with Crippen LogP contribution in [0.5, 0.6) is 0 Å². The Labute approximate surface area is 191 Å². The SMILES string of the molecule is CC(=O)Nc1ccc(N2C(=O)CC(c3c(F)cccc3Cl)C3=C2CC(C)(C)CC3=O)cc1. The lowest BCUT2D eigenvalue weighted by atomic mass is 9.69. The average molecular weight is 455 g/mol. The summed E-state index contributed by atoms with van der Waals surface area (Å²) in [4.78, 5) is 39.6. The van der Waals surface area contributed by atoms with E-state index in [1.54, 1.807) is 35.2 Å². The molecular weight excluding hydrogens is 431 g/mol. The fourth-order valence-electron chi connectivity index (χ4n) is 4.70. The molecule has 7 heteroatoms. The Bertz CT molecular complexity index is 1130. The highest BCUT2D eigenvalue weighted by molar-refractivity contribution is 6.31. The molecule has 0 spiro atoms. The van der Waals surface area contributed by atoms with Crippen LogP contribution in [0.2, 0.25) is 5.02 Å². The van der Waals surface area contributed by atoms with Crippen LogP contribution in [0.3, 0.4) is 0 Å².